The molecule has 5 heteroatoms. The van der Waals surface area contributed by atoms with Crippen LogP contribution in [0.4, 0.5) is 0 Å². The number of nitriles is 1. The number of hydrogen-bond donors (Lipinski definition) is 2. The Morgan fingerprint density at radius 1 is 1.75 bits per heavy atom. The van der Waals surface area contributed by atoms with Crippen LogP contribution in [0.1, 0.15) is 13.8 Å². The van der Waals surface area contributed by atoms with Crippen molar-refractivity contribution in [2.45, 2.75) is 13.8 Å². The molecule has 0 unspecified atom stereocenters. The third kappa shape index (κ3) is 3.56. The minimum atomic E-state index is -0.645. The van der Waals surface area contributed by atoms with Gasteiger partial charge >= 0.3 is 0 Å². The smallest absolute Gasteiger partial charge is 0.284 e. The topological polar surface area (TPSA) is 85.5 Å². The van der Waals surface area contributed by atoms with E-state index in [4.69, 9.17) is 10.5 Å². The molecule has 0 aromatic carbocycles. The highest BCUT2D eigenvalue weighted by molar-refractivity contribution is 6.44. The maximum absolute atomic E-state index is 10.9. The largest absolute Gasteiger partial charge is 0.410 e. The van der Waals surface area contributed by atoms with E-state index in [0.717, 1.165) is 0 Å². The van der Waals surface area contributed by atoms with Gasteiger partial charge in [0.15, 0.2) is 0 Å². The summed E-state index contributed by atoms with van der Waals surface area (Å²) in [5.41, 5.74) is -0.518. The summed E-state index contributed by atoms with van der Waals surface area (Å²) >= 11 is 0. The minimum absolute atomic E-state index is 0.299. The zero-order valence-electron chi connectivity index (χ0n) is 7.03. The van der Waals surface area contributed by atoms with Crippen LogP contribution in [-0.2, 0) is 4.79 Å². The molecule has 2 N–H and O–H groups in total. The lowest BCUT2D eigenvalue weighted by Crippen LogP contribution is -2.32. The molecule has 0 heterocycles. The first-order valence-corrected chi connectivity index (χ1v) is 3.52. The summed E-state index contributed by atoms with van der Waals surface area (Å²) in [4.78, 5) is 10.9. The number of carbonyl (C=O) groups is 1. The molecule has 0 atom stereocenters. The number of nitrogens with one attached hydrogen (secondary N) is 1. The van der Waals surface area contributed by atoms with E-state index in [9.17, 15) is 4.79 Å². The second-order valence-electron chi connectivity index (χ2n) is 2.66. The van der Waals surface area contributed by atoms with Crippen molar-refractivity contribution in [3.8, 4) is 6.07 Å². The van der Waals surface area contributed by atoms with Crippen LogP contribution in [0.3, 0.4) is 0 Å². The highest BCUT2D eigenvalue weighted by atomic mass is 16.4. The van der Waals surface area contributed by atoms with Gasteiger partial charge in [-0.2, -0.15) is 5.26 Å². The molecule has 0 spiro atoms. The second kappa shape index (κ2) is 5.13. The molecule has 0 aliphatic heterocycles. The molecule has 0 aromatic heterocycles. The SMILES string of the molecule is CC(C)CNC(=O)/C(C#N)=N/O. The summed E-state index contributed by atoms with van der Waals surface area (Å²) in [6.45, 7) is 4.30. The van der Waals surface area contributed by atoms with Gasteiger partial charge in [-0.1, -0.05) is 19.0 Å². The van der Waals surface area contributed by atoms with Crippen molar-refractivity contribution in [2.24, 2.45) is 11.1 Å². The Balaban J connectivity index is 3.98. The minimum Gasteiger partial charge on any atom is -0.410 e. The Hall–Kier alpha value is -1.57. The van der Waals surface area contributed by atoms with Crippen LogP contribution in [0.25, 0.3) is 0 Å². The highest BCUT2D eigenvalue weighted by Gasteiger charge is 2.10. The number of nitrogens with zero attached hydrogens (tertiary/aromatic N) is 2. The second-order valence-corrected chi connectivity index (χ2v) is 2.66. The fraction of sp³-hybridized carbons (Fsp3) is 0.571. The molecule has 0 saturated carbocycles. The lowest BCUT2D eigenvalue weighted by molar-refractivity contribution is -0.114. The van der Waals surface area contributed by atoms with Crippen molar-refractivity contribution in [3.63, 3.8) is 0 Å². The normalized spacial score (nSPS) is 11.0. The first-order chi connectivity index (χ1) is 5.61. The average Bonchev–Trinajstić information content (AvgIpc) is 2.03. The van der Waals surface area contributed by atoms with Crippen LogP contribution >= 0.6 is 0 Å². The van der Waals surface area contributed by atoms with E-state index in [0.29, 0.717) is 12.5 Å². The predicted molar refractivity (Wildman–Crippen MR) is 42.7 cm³/mol. The number of carbonyl (C=O) groups excluding carboxylic acids is 1. The Morgan fingerprint density at radius 2 is 2.33 bits per heavy atom. The van der Waals surface area contributed by atoms with Gasteiger partial charge in [-0.05, 0) is 5.92 Å². The molecule has 5 nitrogen and oxygen atoms in total. The summed E-state index contributed by atoms with van der Waals surface area (Å²) < 4.78 is 0. The lowest BCUT2D eigenvalue weighted by Gasteiger charge is -2.04. The highest BCUT2D eigenvalue weighted by Crippen LogP contribution is 1.87. The van der Waals surface area contributed by atoms with E-state index in [1.54, 1.807) is 0 Å². The monoisotopic (exact) mass is 169 g/mol. The summed E-state index contributed by atoms with van der Waals surface area (Å²) in [6.07, 6.45) is 0. The van der Waals surface area contributed by atoms with Crippen LogP contribution in [0.15, 0.2) is 5.16 Å². The van der Waals surface area contributed by atoms with Crippen LogP contribution < -0.4 is 5.32 Å². The van der Waals surface area contributed by atoms with Crippen molar-refractivity contribution < 1.29 is 10.0 Å². The molecule has 66 valence electrons. The van der Waals surface area contributed by atoms with Gasteiger partial charge in [-0.15, -0.1) is 0 Å². The van der Waals surface area contributed by atoms with E-state index in [2.05, 4.69) is 10.5 Å². The average molecular weight is 169 g/mol. The Kier molecular flexibility index (Phi) is 4.46. The van der Waals surface area contributed by atoms with E-state index in [-0.39, 0.29) is 0 Å². The number of hydrogen-bond acceptors (Lipinski definition) is 4. The molecular weight excluding hydrogens is 158 g/mol. The van der Waals surface area contributed by atoms with E-state index in [1.165, 1.54) is 6.07 Å². The molecule has 0 saturated heterocycles. The molecule has 1 amide bonds. The maximum Gasteiger partial charge on any atom is 0.284 e. The standard InChI is InChI=1S/C7H11N3O2/c1-5(2)4-9-7(11)6(3-8)10-12/h5,12H,4H2,1-2H3,(H,9,11)/b10-6+. The number of oxime groups is 1. The quantitative estimate of drug-likeness (QED) is 0.357. The number of amides is 1. The Morgan fingerprint density at radius 3 is 2.67 bits per heavy atom. The van der Waals surface area contributed by atoms with Crippen LogP contribution in [0.5, 0.6) is 0 Å². The molecule has 12 heavy (non-hydrogen) atoms. The molecule has 0 fully saturated rings. The molecule has 0 radical (unpaired) electrons. The van der Waals surface area contributed by atoms with Crippen LogP contribution in [0.2, 0.25) is 0 Å². The Bertz CT molecular complexity index is 227. The zero-order chi connectivity index (χ0) is 9.56. The van der Waals surface area contributed by atoms with Gasteiger partial charge in [-0.25, -0.2) is 0 Å². The molecule has 0 aromatic rings. The van der Waals surface area contributed by atoms with Crippen LogP contribution in [-0.4, -0.2) is 23.4 Å². The third-order valence-corrected chi connectivity index (χ3v) is 1.09. The van der Waals surface area contributed by atoms with Gasteiger partial charge in [0.05, 0.1) is 0 Å². The van der Waals surface area contributed by atoms with Crippen LogP contribution in [0, 0.1) is 17.2 Å². The summed E-state index contributed by atoms with van der Waals surface area (Å²) in [7, 11) is 0. The molecule has 0 bridgehead atoms. The van der Waals surface area contributed by atoms with Gasteiger partial charge in [0.1, 0.15) is 6.07 Å². The summed E-state index contributed by atoms with van der Waals surface area (Å²) in [5.74, 6) is -0.346. The van der Waals surface area contributed by atoms with Crippen molar-refractivity contribution in [2.75, 3.05) is 6.54 Å². The molecule has 0 aliphatic rings. The van der Waals surface area contributed by atoms with E-state index in [1.807, 2.05) is 13.8 Å². The third-order valence-electron chi connectivity index (χ3n) is 1.09. The van der Waals surface area contributed by atoms with Gasteiger partial charge in [0.25, 0.3) is 5.91 Å². The lowest BCUT2D eigenvalue weighted by atomic mass is 10.2. The molecular formula is C7H11N3O2. The van der Waals surface area contributed by atoms with Crippen molar-refractivity contribution in [1.82, 2.24) is 5.32 Å². The molecule has 0 aliphatic carbocycles. The van der Waals surface area contributed by atoms with Gasteiger partial charge in [0.2, 0.25) is 5.71 Å². The zero-order valence-corrected chi connectivity index (χ0v) is 7.03. The first-order valence-electron chi connectivity index (χ1n) is 3.52. The van der Waals surface area contributed by atoms with Crippen molar-refractivity contribution >= 4 is 11.6 Å². The maximum atomic E-state index is 10.9. The fourth-order valence-electron chi connectivity index (χ4n) is 0.499. The van der Waals surface area contributed by atoms with E-state index >= 15 is 0 Å². The number of rotatable bonds is 3. The summed E-state index contributed by atoms with van der Waals surface area (Å²) in [6, 6.07) is 1.46. The fourth-order valence-corrected chi connectivity index (χ4v) is 0.499. The van der Waals surface area contributed by atoms with Crippen molar-refractivity contribution in [3.05, 3.63) is 0 Å². The Labute approximate surface area is 70.7 Å². The predicted octanol–water partition coefficient (Wildman–Crippen LogP) is 0.112. The van der Waals surface area contributed by atoms with Gasteiger partial charge < -0.3 is 10.5 Å². The molecule has 0 rings (SSSR count). The summed E-state index contributed by atoms with van der Waals surface area (Å²) in [5, 5.41) is 21.4. The van der Waals surface area contributed by atoms with E-state index < -0.39 is 11.6 Å². The first kappa shape index (κ1) is 10.4. The van der Waals surface area contributed by atoms with Gasteiger partial charge in [-0.3, -0.25) is 4.79 Å². The van der Waals surface area contributed by atoms with Crippen molar-refractivity contribution in [1.29, 1.82) is 5.26 Å². The van der Waals surface area contributed by atoms with Gasteiger partial charge in [0, 0.05) is 6.54 Å².